The number of rotatable bonds is 8. The first-order chi connectivity index (χ1) is 12.6. The number of nitrogens with one attached hydrogen (secondary N) is 3. The van der Waals surface area contributed by atoms with Crippen molar-refractivity contribution in [2.24, 2.45) is 5.92 Å². The fraction of sp³-hybridized carbons (Fsp3) is 0.300. The van der Waals surface area contributed by atoms with Crippen molar-refractivity contribution in [1.29, 1.82) is 0 Å². The van der Waals surface area contributed by atoms with Crippen LogP contribution in [-0.2, 0) is 4.79 Å². The average molecular weight is 390 g/mol. The van der Waals surface area contributed by atoms with Gasteiger partial charge < -0.3 is 20.7 Å². The maximum atomic E-state index is 12.3. The Morgan fingerprint density at radius 3 is 2.15 bits per heavy atom. The molecule has 0 heterocycles. The predicted octanol–water partition coefficient (Wildman–Crippen LogP) is 3.31. The summed E-state index contributed by atoms with van der Waals surface area (Å²) in [6.07, 6.45) is 2.52. The smallest absolute Gasteiger partial charge is 0.255 e. The number of halogens is 1. The first kappa shape index (κ1) is 20.7. The molecule has 2 aromatic rings. The van der Waals surface area contributed by atoms with Crippen molar-refractivity contribution in [1.82, 2.24) is 5.32 Å². The van der Waals surface area contributed by atoms with Crippen molar-refractivity contribution in [2.75, 3.05) is 30.8 Å². The number of carbonyl (C=O) groups is 2. The molecule has 0 spiro atoms. The van der Waals surface area contributed by atoms with Gasteiger partial charge in [0.25, 0.3) is 5.91 Å². The van der Waals surface area contributed by atoms with Gasteiger partial charge in [-0.1, -0.05) is 0 Å². The van der Waals surface area contributed by atoms with Crippen LogP contribution in [0.5, 0.6) is 5.75 Å². The third kappa shape index (κ3) is 6.58. The second kappa shape index (κ2) is 9.94. The summed E-state index contributed by atoms with van der Waals surface area (Å²) >= 11 is 0. The Hall–Kier alpha value is -2.57. The van der Waals surface area contributed by atoms with Crippen LogP contribution >= 0.6 is 12.4 Å². The molecule has 7 heteroatoms. The molecule has 3 N–H and O–H groups in total. The van der Waals surface area contributed by atoms with Gasteiger partial charge in [0, 0.05) is 16.9 Å². The minimum Gasteiger partial charge on any atom is -0.497 e. The van der Waals surface area contributed by atoms with Gasteiger partial charge in [-0.05, 0) is 73.8 Å². The molecule has 144 valence electrons. The Kier molecular flexibility index (Phi) is 7.64. The highest BCUT2D eigenvalue weighted by atomic mass is 35.5. The normalized spacial score (nSPS) is 12.6. The molecule has 0 radical (unpaired) electrons. The molecule has 0 unspecified atom stereocenters. The van der Waals surface area contributed by atoms with Crippen LogP contribution in [0, 0.1) is 5.92 Å². The molecule has 3 rings (SSSR count). The molecule has 1 fully saturated rings. The standard InChI is InChI=1S/C20H23N3O3.ClH/c1-26-18-10-8-17(9-11-18)23-20(25)15-4-6-16(7-5-15)22-19(24)13-21-12-14-2-3-14;/h4-11,14,21H,2-3,12-13H2,1H3,(H,22,24)(H,23,25);1H. The van der Waals surface area contributed by atoms with E-state index < -0.39 is 0 Å². The minimum atomic E-state index is -0.209. The quantitative estimate of drug-likeness (QED) is 0.647. The molecule has 6 nitrogen and oxygen atoms in total. The highest BCUT2D eigenvalue weighted by molar-refractivity contribution is 6.04. The van der Waals surface area contributed by atoms with Crippen molar-refractivity contribution in [3.8, 4) is 5.75 Å². The lowest BCUT2D eigenvalue weighted by Gasteiger charge is -2.08. The van der Waals surface area contributed by atoms with Crippen molar-refractivity contribution < 1.29 is 14.3 Å². The van der Waals surface area contributed by atoms with E-state index in [1.807, 2.05) is 0 Å². The Labute approximate surface area is 165 Å². The largest absolute Gasteiger partial charge is 0.497 e. The Morgan fingerprint density at radius 1 is 0.963 bits per heavy atom. The molecule has 27 heavy (non-hydrogen) atoms. The minimum absolute atomic E-state index is 0. The Bertz CT molecular complexity index is 759. The first-order valence-electron chi connectivity index (χ1n) is 8.70. The number of benzene rings is 2. The van der Waals surface area contributed by atoms with Crippen molar-refractivity contribution in [3.05, 3.63) is 54.1 Å². The number of methoxy groups -OCH3 is 1. The molecule has 1 saturated carbocycles. The fourth-order valence-corrected chi connectivity index (χ4v) is 2.50. The summed E-state index contributed by atoms with van der Waals surface area (Å²) in [6.45, 7) is 1.20. The van der Waals surface area contributed by atoms with Crippen LogP contribution in [0.2, 0.25) is 0 Å². The van der Waals surface area contributed by atoms with Crippen LogP contribution in [0.4, 0.5) is 11.4 Å². The molecular formula is C20H24ClN3O3. The van der Waals surface area contributed by atoms with E-state index in [4.69, 9.17) is 4.74 Å². The van der Waals surface area contributed by atoms with E-state index in [9.17, 15) is 9.59 Å². The number of amides is 2. The lowest BCUT2D eigenvalue weighted by Crippen LogP contribution is -2.29. The Balaban J connectivity index is 0.00000261. The van der Waals surface area contributed by atoms with Gasteiger partial charge in [0.2, 0.25) is 5.91 Å². The van der Waals surface area contributed by atoms with Gasteiger partial charge in [-0.2, -0.15) is 0 Å². The van der Waals surface area contributed by atoms with Gasteiger partial charge in [0.05, 0.1) is 13.7 Å². The van der Waals surface area contributed by atoms with E-state index in [-0.39, 0.29) is 24.2 Å². The summed E-state index contributed by atoms with van der Waals surface area (Å²) < 4.78 is 5.09. The molecule has 0 aromatic heterocycles. The van der Waals surface area contributed by atoms with Crippen LogP contribution in [-0.4, -0.2) is 32.0 Å². The third-order valence-corrected chi connectivity index (χ3v) is 4.19. The lowest BCUT2D eigenvalue weighted by molar-refractivity contribution is -0.115. The molecule has 0 saturated heterocycles. The van der Waals surface area contributed by atoms with Gasteiger partial charge in [-0.25, -0.2) is 0 Å². The SMILES string of the molecule is COc1ccc(NC(=O)c2ccc(NC(=O)CNCC3CC3)cc2)cc1.Cl. The van der Waals surface area contributed by atoms with Gasteiger partial charge in [-0.15, -0.1) is 12.4 Å². The van der Waals surface area contributed by atoms with Crippen LogP contribution in [0.15, 0.2) is 48.5 Å². The van der Waals surface area contributed by atoms with Gasteiger partial charge in [0.1, 0.15) is 5.75 Å². The van der Waals surface area contributed by atoms with Gasteiger partial charge in [0.15, 0.2) is 0 Å². The summed E-state index contributed by atoms with van der Waals surface area (Å²) in [5.74, 6) is 1.18. The molecule has 0 bridgehead atoms. The van der Waals surface area contributed by atoms with E-state index in [0.29, 0.717) is 23.5 Å². The van der Waals surface area contributed by atoms with Crippen LogP contribution < -0.4 is 20.7 Å². The number of carbonyl (C=O) groups excluding carboxylic acids is 2. The van der Waals surface area contributed by atoms with Crippen LogP contribution in [0.1, 0.15) is 23.2 Å². The molecule has 0 atom stereocenters. The van der Waals surface area contributed by atoms with E-state index >= 15 is 0 Å². The highest BCUT2D eigenvalue weighted by Gasteiger charge is 2.20. The summed E-state index contributed by atoms with van der Waals surface area (Å²) in [5.41, 5.74) is 1.88. The monoisotopic (exact) mass is 389 g/mol. The maximum Gasteiger partial charge on any atom is 0.255 e. The second-order valence-corrected chi connectivity index (χ2v) is 6.38. The molecular weight excluding hydrogens is 366 g/mol. The van der Waals surface area contributed by atoms with E-state index in [1.54, 1.807) is 55.6 Å². The molecule has 2 amide bonds. The fourth-order valence-electron chi connectivity index (χ4n) is 2.50. The van der Waals surface area contributed by atoms with Gasteiger partial charge >= 0.3 is 0 Å². The molecule has 2 aromatic carbocycles. The summed E-state index contributed by atoms with van der Waals surface area (Å²) in [4.78, 5) is 24.1. The topological polar surface area (TPSA) is 79.5 Å². The summed E-state index contributed by atoms with van der Waals surface area (Å²) in [6, 6.07) is 13.9. The third-order valence-electron chi connectivity index (χ3n) is 4.19. The number of hydrogen-bond donors (Lipinski definition) is 3. The van der Waals surface area contributed by atoms with E-state index in [1.165, 1.54) is 12.8 Å². The van der Waals surface area contributed by atoms with Crippen molar-refractivity contribution in [2.45, 2.75) is 12.8 Å². The van der Waals surface area contributed by atoms with Crippen LogP contribution in [0.25, 0.3) is 0 Å². The lowest BCUT2D eigenvalue weighted by atomic mass is 10.2. The highest BCUT2D eigenvalue weighted by Crippen LogP contribution is 2.27. The maximum absolute atomic E-state index is 12.3. The van der Waals surface area contributed by atoms with E-state index in [2.05, 4.69) is 16.0 Å². The second-order valence-electron chi connectivity index (χ2n) is 6.38. The zero-order valence-corrected chi connectivity index (χ0v) is 16.0. The number of anilines is 2. The summed E-state index contributed by atoms with van der Waals surface area (Å²) in [5, 5.41) is 8.79. The first-order valence-corrected chi connectivity index (χ1v) is 8.70. The average Bonchev–Trinajstić information content (AvgIpc) is 3.47. The Morgan fingerprint density at radius 2 is 1.56 bits per heavy atom. The zero-order chi connectivity index (χ0) is 18.4. The summed E-state index contributed by atoms with van der Waals surface area (Å²) in [7, 11) is 1.59. The number of hydrogen-bond acceptors (Lipinski definition) is 4. The number of ether oxygens (including phenoxy) is 1. The molecule has 1 aliphatic rings. The molecule has 1 aliphatic carbocycles. The zero-order valence-electron chi connectivity index (χ0n) is 15.2. The van der Waals surface area contributed by atoms with Crippen molar-refractivity contribution >= 4 is 35.6 Å². The van der Waals surface area contributed by atoms with Gasteiger partial charge in [-0.3, -0.25) is 9.59 Å². The van der Waals surface area contributed by atoms with E-state index in [0.717, 1.165) is 18.2 Å². The van der Waals surface area contributed by atoms with Crippen LogP contribution in [0.3, 0.4) is 0 Å². The van der Waals surface area contributed by atoms with Crippen molar-refractivity contribution in [3.63, 3.8) is 0 Å². The predicted molar refractivity (Wildman–Crippen MR) is 109 cm³/mol. The molecule has 0 aliphatic heterocycles.